The van der Waals surface area contributed by atoms with E-state index in [2.05, 4.69) is 22.0 Å². The average molecular weight is 434 g/mol. The van der Waals surface area contributed by atoms with Crippen molar-refractivity contribution in [3.8, 4) is 11.1 Å². The lowest BCUT2D eigenvalue weighted by atomic mass is 9.83. The molecule has 3 heterocycles. The van der Waals surface area contributed by atoms with E-state index in [0.29, 0.717) is 29.0 Å². The van der Waals surface area contributed by atoms with Gasteiger partial charge in [-0.05, 0) is 72.8 Å². The summed E-state index contributed by atoms with van der Waals surface area (Å²) < 4.78 is 33.8. The van der Waals surface area contributed by atoms with Crippen LogP contribution in [0.3, 0.4) is 0 Å². The summed E-state index contributed by atoms with van der Waals surface area (Å²) in [6.45, 7) is -0.371. The SMILES string of the molecule is [2H]C([2H])([2H])N1C(=O)OCc2cc(-c3cncc([C@@H]4CC[C@](C)(c5ncno5)C4)c3C3CC3)ccc21. The highest BCUT2D eigenvalue weighted by Crippen LogP contribution is 2.53. The first-order chi connectivity index (χ1) is 16.7. The fraction of sp³-hybridized carbons (Fsp3) is 0.440. The zero-order valence-electron chi connectivity index (χ0n) is 20.9. The molecule has 0 saturated heterocycles. The third kappa shape index (κ3) is 3.10. The summed E-state index contributed by atoms with van der Waals surface area (Å²) >= 11 is 0. The van der Waals surface area contributed by atoms with E-state index >= 15 is 0 Å². The number of hydrogen-bond acceptors (Lipinski definition) is 6. The van der Waals surface area contributed by atoms with Gasteiger partial charge in [0.15, 0.2) is 6.33 Å². The van der Waals surface area contributed by atoms with E-state index in [1.807, 2.05) is 24.5 Å². The second-order valence-electron chi connectivity index (χ2n) is 9.44. The number of fused-ring (bicyclic) bond motifs is 1. The van der Waals surface area contributed by atoms with E-state index in [4.69, 9.17) is 13.4 Å². The van der Waals surface area contributed by atoms with Gasteiger partial charge in [-0.25, -0.2) is 4.79 Å². The van der Waals surface area contributed by atoms with Gasteiger partial charge in [0.05, 0.1) is 5.69 Å². The zero-order valence-corrected chi connectivity index (χ0v) is 17.9. The van der Waals surface area contributed by atoms with Crippen LogP contribution in [0.5, 0.6) is 0 Å². The molecule has 2 atom stereocenters. The maximum Gasteiger partial charge on any atom is 0.414 e. The number of ether oxygens (including phenoxy) is 1. The molecule has 7 nitrogen and oxygen atoms in total. The molecule has 164 valence electrons. The molecule has 2 fully saturated rings. The van der Waals surface area contributed by atoms with Crippen LogP contribution >= 0.6 is 0 Å². The smallest absolute Gasteiger partial charge is 0.414 e. The van der Waals surface area contributed by atoms with Crippen molar-refractivity contribution >= 4 is 11.8 Å². The molecule has 0 unspecified atom stereocenters. The molecule has 2 aliphatic carbocycles. The first-order valence-corrected chi connectivity index (χ1v) is 11.1. The lowest BCUT2D eigenvalue weighted by molar-refractivity contribution is 0.143. The van der Waals surface area contributed by atoms with Crippen LogP contribution in [0.4, 0.5) is 10.5 Å². The Morgan fingerprint density at radius 3 is 2.91 bits per heavy atom. The Bertz CT molecular complexity index is 1290. The van der Waals surface area contributed by atoms with Gasteiger partial charge in [-0.3, -0.25) is 9.88 Å². The highest BCUT2D eigenvalue weighted by molar-refractivity contribution is 5.90. The van der Waals surface area contributed by atoms with Crippen molar-refractivity contribution in [1.82, 2.24) is 15.1 Å². The maximum absolute atomic E-state index is 12.2. The van der Waals surface area contributed by atoms with E-state index in [1.165, 1.54) is 17.5 Å². The molecule has 3 aliphatic rings. The molecule has 0 bridgehead atoms. The van der Waals surface area contributed by atoms with Gasteiger partial charge in [0.1, 0.15) is 6.61 Å². The second kappa shape index (κ2) is 7.15. The molecule has 1 aromatic carbocycles. The predicted molar refractivity (Wildman–Crippen MR) is 118 cm³/mol. The van der Waals surface area contributed by atoms with Crippen molar-refractivity contribution in [1.29, 1.82) is 0 Å². The summed E-state index contributed by atoms with van der Waals surface area (Å²) in [5, 5.41) is 3.81. The highest BCUT2D eigenvalue weighted by Gasteiger charge is 2.43. The predicted octanol–water partition coefficient (Wildman–Crippen LogP) is 5.32. The van der Waals surface area contributed by atoms with Gasteiger partial charge in [0.2, 0.25) is 5.89 Å². The van der Waals surface area contributed by atoms with Crippen molar-refractivity contribution < 1.29 is 18.2 Å². The van der Waals surface area contributed by atoms with Crippen LogP contribution < -0.4 is 4.90 Å². The van der Waals surface area contributed by atoms with Crippen LogP contribution in [-0.2, 0) is 16.8 Å². The molecule has 1 aliphatic heterocycles. The molecule has 3 aromatic rings. The van der Waals surface area contributed by atoms with Crippen molar-refractivity contribution in [2.75, 3.05) is 11.9 Å². The summed E-state index contributed by atoms with van der Waals surface area (Å²) in [6.07, 6.45) is 9.75. The van der Waals surface area contributed by atoms with Gasteiger partial charge in [-0.1, -0.05) is 18.1 Å². The molecular weight excluding hydrogens is 404 g/mol. The number of amides is 1. The Morgan fingerprint density at radius 1 is 1.22 bits per heavy atom. The molecule has 2 aromatic heterocycles. The fourth-order valence-electron chi connectivity index (χ4n) is 5.40. The first kappa shape index (κ1) is 16.4. The minimum absolute atomic E-state index is 0.0473. The summed E-state index contributed by atoms with van der Waals surface area (Å²) in [6, 6.07) is 5.54. The van der Waals surface area contributed by atoms with Crippen LogP contribution in [0, 0.1) is 0 Å². The molecule has 32 heavy (non-hydrogen) atoms. The van der Waals surface area contributed by atoms with Gasteiger partial charge in [-0.15, -0.1) is 0 Å². The Balaban J connectivity index is 1.38. The molecule has 0 N–H and O–H groups in total. The van der Waals surface area contributed by atoms with E-state index in [0.717, 1.165) is 48.1 Å². The van der Waals surface area contributed by atoms with Gasteiger partial charge < -0.3 is 9.26 Å². The fourth-order valence-corrected chi connectivity index (χ4v) is 5.40. The van der Waals surface area contributed by atoms with Gasteiger partial charge >= 0.3 is 6.09 Å². The molecule has 0 spiro atoms. The topological polar surface area (TPSA) is 81.4 Å². The number of aromatic nitrogens is 3. The summed E-state index contributed by atoms with van der Waals surface area (Å²) in [4.78, 5) is 21.9. The Hall–Kier alpha value is -3.22. The number of anilines is 1. The molecule has 6 rings (SSSR count). The van der Waals surface area contributed by atoms with Crippen LogP contribution in [-0.4, -0.2) is 28.2 Å². The van der Waals surface area contributed by atoms with E-state index in [9.17, 15) is 4.79 Å². The van der Waals surface area contributed by atoms with Crippen LogP contribution in [0.15, 0.2) is 41.4 Å². The molecule has 2 saturated carbocycles. The molecular formula is C25H26N4O3. The number of hydrogen-bond donors (Lipinski definition) is 0. The van der Waals surface area contributed by atoms with Crippen molar-refractivity contribution in [3.63, 3.8) is 0 Å². The van der Waals surface area contributed by atoms with Gasteiger partial charge in [-0.2, -0.15) is 4.98 Å². The van der Waals surface area contributed by atoms with Gasteiger partial charge in [0.25, 0.3) is 0 Å². The number of nitrogens with zero attached hydrogens (tertiary/aromatic N) is 4. The average Bonchev–Trinajstić information content (AvgIpc) is 3.34. The van der Waals surface area contributed by atoms with Crippen molar-refractivity contribution in [2.24, 2.45) is 0 Å². The first-order valence-electron chi connectivity index (χ1n) is 12.6. The number of rotatable bonds is 4. The number of carbonyl (C=O) groups is 1. The summed E-state index contributed by atoms with van der Waals surface area (Å²) in [7, 11) is 0. The van der Waals surface area contributed by atoms with Crippen LogP contribution in [0.25, 0.3) is 11.1 Å². The lowest BCUT2D eigenvalue weighted by Crippen LogP contribution is -2.31. The monoisotopic (exact) mass is 433 g/mol. The van der Waals surface area contributed by atoms with E-state index in [1.54, 1.807) is 6.07 Å². The minimum atomic E-state index is -2.61. The molecule has 1 amide bonds. The van der Waals surface area contributed by atoms with Crippen LogP contribution in [0.2, 0.25) is 0 Å². The van der Waals surface area contributed by atoms with Crippen molar-refractivity contribution in [3.05, 3.63) is 59.5 Å². The Morgan fingerprint density at radius 2 is 2.12 bits per heavy atom. The highest BCUT2D eigenvalue weighted by atomic mass is 16.6. The molecule has 0 radical (unpaired) electrons. The Labute approximate surface area is 191 Å². The lowest BCUT2D eigenvalue weighted by Gasteiger charge is -2.26. The number of cyclic esters (lactones) is 1. The normalized spacial score (nSPS) is 26.8. The zero-order chi connectivity index (χ0) is 24.4. The third-order valence-electron chi connectivity index (χ3n) is 7.23. The number of carbonyl (C=O) groups excluding carboxylic acids is 1. The number of benzene rings is 1. The van der Waals surface area contributed by atoms with E-state index < -0.39 is 13.1 Å². The molecule has 7 heteroatoms. The second-order valence-corrected chi connectivity index (χ2v) is 9.44. The van der Waals surface area contributed by atoms with Gasteiger partial charge in [0, 0.05) is 40.0 Å². The van der Waals surface area contributed by atoms with Crippen LogP contribution in [0.1, 0.15) is 77.6 Å². The Kier molecular flexibility index (Phi) is 3.67. The number of pyridine rings is 1. The van der Waals surface area contributed by atoms with E-state index in [-0.39, 0.29) is 12.0 Å². The standard InChI is InChI=1S/C25H26N4O3/c1-25(23-27-14-28-32-23)8-7-17(10-25)20-12-26-11-19(22(20)15-3-4-15)16-5-6-21-18(9-16)13-31-24(30)29(21)2/h5-6,9,11-12,14-15,17H,3-4,7-8,10,13H2,1-2H3/t17-,25+/m1/s1/i2D3. The largest absolute Gasteiger partial charge is 0.444 e. The summed E-state index contributed by atoms with van der Waals surface area (Å²) in [5.41, 5.74) is 5.54. The quantitative estimate of drug-likeness (QED) is 0.554. The minimum Gasteiger partial charge on any atom is -0.444 e. The third-order valence-corrected chi connectivity index (χ3v) is 7.23. The maximum atomic E-state index is 12.2. The summed E-state index contributed by atoms with van der Waals surface area (Å²) in [5.74, 6) is 1.53. The van der Waals surface area contributed by atoms with Crippen molar-refractivity contribution in [2.45, 2.75) is 62.9 Å².